The molecule has 27 heavy (non-hydrogen) atoms. The van der Waals surface area contributed by atoms with E-state index in [1.165, 1.54) is 23.1 Å². The van der Waals surface area contributed by atoms with Crippen molar-refractivity contribution in [2.24, 2.45) is 0 Å². The topological polar surface area (TPSA) is 29.0 Å². The number of thiazole rings is 1. The smallest absolute Gasteiger partial charge is 0.370 e. The summed E-state index contributed by atoms with van der Waals surface area (Å²) in [5.74, 6) is 2.31. The summed E-state index contributed by atoms with van der Waals surface area (Å²) in [5.41, 5.74) is 1.95. The lowest BCUT2D eigenvalue weighted by Gasteiger charge is -2.28. The van der Waals surface area contributed by atoms with Gasteiger partial charge >= 0.3 is 6.18 Å². The van der Waals surface area contributed by atoms with E-state index in [-0.39, 0.29) is 0 Å². The zero-order valence-corrected chi connectivity index (χ0v) is 15.9. The number of nitrogens with zero attached hydrogens (tertiary/aromatic N) is 3. The number of anilines is 1. The number of aromatic nitrogens is 2. The van der Waals surface area contributed by atoms with Crippen LogP contribution in [-0.2, 0) is 6.18 Å². The Bertz CT molecular complexity index is 899. The Balaban J connectivity index is 1.52. The summed E-state index contributed by atoms with van der Waals surface area (Å²) in [7, 11) is 0. The Morgan fingerprint density at radius 2 is 1.63 bits per heavy atom. The predicted octanol–water partition coefficient (Wildman–Crippen LogP) is 5.44. The molecule has 1 aliphatic rings. The minimum absolute atomic E-state index is 0.446. The first kappa shape index (κ1) is 18.3. The first-order valence-corrected chi connectivity index (χ1v) is 10.4. The zero-order chi connectivity index (χ0) is 18.9. The molecule has 1 aliphatic heterocycles. The largest absolute Gasteiger partial charge is 0.417 e. The molecule has 0 aliphatic carbocycles. The second-order valence-electron chi connectivity index (χ2n) is 6.11. The van der Waals surface area contributed by atoms with Gasteiger partial charge in [-0.2, -0.15) is 24.9 Å². The van der Waals surface area contributed by atoms with Gasteiger partial charge in [0, 0.05) is 42.7 Å². The van der Waals surface area contributed by atoms with E-state index in [0.717, 1.165) is 47.3 Å². The van der Waals surface area contributed by atoms with Gasteiger partial charge in [-0.25, -0.2) is 4.98 Å². The minimum atomic E-state index is -4.38. The molecule has 0 bridgehead atoms. The Labute approximate surface area is 163 Å². The fraction of sp³-hybridized carbons (Fsp3) is 0.263. The summed E-state index contributed by atoms with van der Waals surface area (Å²) in [6.45, 7) is 2.13. The van der Waals surface area contributed by atoms with Gasteiger partial charge in [-0.15, -0.1) is 11.3 Å². The minimum Gasteiger partial charge on any atom is -0.370 e. The highest BCUT2D eigenvalue weighted by molar-refractivity contribution is 7.99. The maximum atomic E-state index is 12.7. The van der Waals surface area contributed by atoms with Crippen LogP contribution in [0.4, 0.5) is 18.9 Å². The molecule has 2 aromatic heterocycles. The van der Waals surface area contributed by atoms with Gasteiger partial charge < -0.3 is 4.90 Å². The number of pyridine rings is 1. The highest BCUT2D eigenvalue weighted by atomic mass is 32.2. The Hall–Kier alpha value is -2.06. The number of hydrogen-bond acceptors (Lipinski definition) is 5. The monoisotopic (exact) mass is 407 g/mol. The zero-order valence-electron chi connectivity index (χ0n) is 14.2. The first-order valence-electron chi connectivity index (χ1n) is 8.43. The molecule has 1 fully saturated rings. The van der Waals surface area contributed by atoms with Gasteiger partial charge in [-0.05, 0) is 29.8 Å². The summed E-state index contributed by atoms with van der Waals surface area (Å²) >= 11 is 3.40. The molecule has 1 aromatic carbocycles. The van der Waals surface area contributed by atoms with Crippen LogP contribution in [0.25, 0.3) is 21.1 Å². The quantitative estimate of drug-likeness (QED) is 0.578. The molecule has 3 heterocycles. The normalized spacial score (nSPS) is 15.1. The van der Waals surface area contributed by atoms with E-state index in [1.54, 1.807) is 6.20 Å². The predicted molar refractivity (Wildman–Crippen MR) is 105 cm³/mol. The van der Waals surface area contributed by atoms with Gasteiger partial charge in [0.15, 0.2) is 0 Å². The van der Waals surface area contributed by atoms with Crippen molar-refractivity contribution in [2.75, 3.05) is 29.5 Å². The average molecular weight is 407 g/mol. The van der Waals surface area contributed by atoms with Crippen molar-refractivity contribution < 1.29 is 13.2 Å². The second kappa shape index (κ2) is 7.52. The Morgan fingerprint density at radius 1 is 0.889 bits per heavy atom. The van der Waals surface area contributed by atoms with Crippen LogP contribution in [0.15, 0.2) is 48.8 Å². The van der Waals surface area contributed by atoms with Crippen LogP contribution in [0.3, 0.4) is 0 Å². The highest BCUT2D eigenvalue weighted by Crippen LogP contribution is 2.34. The lowest BCUT2D eigenvalue weighted by atomic mass is 10.2. The molecule has 140 valence electrons. The number of halogens is 3. The van der Waals surface area contributed by atoms with E-state index in [1.807, 2.05) is 11.8 Å². The van der Waals surface area contributed by atoms with E-state index >= 15 is 0 Å². The van der Waals surface area contributed by atoms with Crippen LogP contribution in [0.1, 0.15) is 5.56 Å². The Morgan fingerprint density at radius 3 is 2.26 bits per heavy atom. The molecular weight excluding hydrogens is 391 g/mol. The van der Waals surface area contributed by atoms with Crippen molar-refractivity contribution in [3.63, 3.8) is 0 Å². The fourth-order valence-corrected chi connectivity index (χ4v) is 4.67. The molecule has 8 heteroatoms. The average Bonchev–Trinajstić information content (AvgIpc) is 3.18. The lowest BCUT2D eigenvalue weighted by Crippen LogP contribution is -2.32. The molecule has 0 atom stereocenters. The van der Waals surface area contributed by atoms with Crippen molar-refractivity contribution in [1.82, 2.24) is 9.97 Å². The van der Waals surface area contributed by atoms with Crippen molar-refractivity contribution in [1.29, 1.82) is 0 Å². The van der Waals surface area contributed by atoms with E-state index < -0.39 is 11.7 Å². The van der Waals surface area contributed by atoms with Gasteiger partial charge in [0.2, 0.25) is 0 Å². The van der Waals surface area contributed by atoms with Gasteiger partial charge in [0.05, 0.1) is 16.1 Å². The molecule has 3 aromatic rings. The number of hydrogen-bond donors (Lipinski definition) is 0. The molecule has 0 unspecified atom stereocenters. The van der Waals surface area contributed by atoms with E-state index in [0.29, 0.717) is 10.7 Å². The van der Waals surface area contributed by atoms with Gasteiger partial charge in [0.25, 0.3) is 0 Å². The van der Waals surface area contributed by atoms with Crippen LogP contribution in [0.5, 0.6) is 0 Å². The molecule has 3 nitrogen and oxygen atoms in total. The Kier molecular flexibility index (Phi) is 5.10. The molecule has 0 radical (unpaired) electrons. The molecule has 4 rings (SSSR count). The number of benzene rings is 1. The fourth-order valence-electron chi connectivity index (χ4n) is 2.87. The number of thioether (sulfide) groups is 1. The molecule has 0 saturated carbocycles. The summed E-state index contributed by atoms with van der Waals surface area (Å²) in [5, 5.41) is 0.607. The van der Waals surface area contributed by atoms with Crippen molar-refractivity contribution in [3.8, 4) is 21.1 Å². The van der Waals surface area contributed by atoms with Crippen LogP contribution in [-0.4, -0.2) is 34.6 Å². The van der Waals surface area contributed by atoms with E-state index in [2.05, 4.69) is 39.1 Å². The van der Waals surface area contributed by atoms with Crippen LogP contribution in [0.2, 0.25) is 0 Å². The SMILES string of the molecule is FC(F)(F)c1ccc(-c2ncc(-c3ccc(N4CCSCC4)cc3)s2)nc1. The maximum absolute atomic E-state index is 12.7. The molecule has 0 amide bonds. The van der Waals surface area contributed by atoms with Gasteiger partial charge in [-0.1, -0.05) is 12.1 Å². The molecule has 1 saturated heterocycles. The van der Waals surface area contributed by atoms with Crippen molar-refractivity contribution >= 4 is 28.8 Å². The standard InChI is InChI=1S/C19H16F3N3S2/c20-19(21,22)14-3-6-16(23-11-14)18-24-12-17(27-18)13-1-4-15(5-2-13)25-7-9-26-10-8-25/h1-6,11-12H,7-10H2. The molecule has 0 spiro atoms. The van der Waals surface area contributed by atoms with Gasteiger partial charge in [0.1, 0.15) is 5.01 Å². The summed E-state index contributed by atoms with van der Waals surface area (Å²) in [6.07, 6.45) is -1.79. The first-order chi connectivity index (χ1) is 13.0. The molecular formula is C19H16F3N3S2. The summed E-state index contributed by atoms with van der Waals surface area (Å²) in [6, 6.07) is 10.8. The maximum Gasteiger partial charge on any atom is 0.417 e. The van der Waals surface area contributed by atoms with Crippen LogP contribution < -0.4 is 4.90 Å². The van der Waals surface area contributed by atoms with Crippen molar-refractivity contribution in [3.05, 3.63) is 54.4 Å². The van der Waals surface area contributed by atoms with E-state index in [4.69, 9.17) is 0 Å². The summed E-state index contributed by atoms with van der Waals surface area (Å²) in [4.78, 5) is 11.6. The third-order valence-corrected chi connectivity index (χ3v) is 6.36. The van der Waals surface area contributed by atoms with Gasteiger partial charge in [-0.3, -0.25) is 4.98 Å². The number of alkyl halides is 3. The second-order valence-corrected chi connectivity index (χ2v) is 8.36. The van der Waals surface area contributed by atoms with Crippen LogP contribution in [0, 0.1) is 0 Å². The van der Waals surface area contributed by atoms with E-state index in [9.17, 15) is 13.2 Å². The number of rotatable bonds is 3. The lowest BCUT2D eigenvalue weighted by molar-refractivity contribution is -0.137. The van der Waals surface area contributed by atoms with Crippen molar-refractivity contribution in [2.45, 2.75) is 6.18 Å². The third kappa shape index (κ3) is 4.11. The summed E-state index contributed by atoms with van der Waals surface area (Å²) < 4.78 is 38.0. The third-order valence-electron chi connectivity index (χ3n) is 4.34. The molecule has 0 N–H and O–H groups in total. The highest BCUT2D eigenvalue weighted by Gasteiger charge is 2.30. The van der Waals surface area contributed by atoms with Crippen LogP contribution >= 0.6 is 23.1 Å².